The quantitative estimate of drug-likeness (QED) is 0.415. The van der Waals surface area contributed by atoms with Crippen LogP contribution in [0.4, 0.5) is 5.69 Å². The fraction of sp³-hybridized carbons (Fsp3) is 0.176. The van der Waals surface area contributed by atoms with Crippen LogP contribution in [-0.2, 0) is 11.3 Å². The first kappa shape index (κ1) is 17.2. The van der Waals surface area contributed by atoms with E-state index in [-0.39, 0.29) is 18.0 Å². The van der Waals surface area contributed by atoms with Crippen LogP contribution in [0.5, 0.6) is 0 Å². The number of hydrogen-bond donors (Lipinski definition) is 1. The number of nitrogens with one attached hydrogen (secondary N) is 1. The van der Waals surface area contributed by atoms with Gasteiger partial charge in [-0.1, -0.05) is 29.5 Å². The lowest BCUT2D eigenvalue weighted by atomic mass is 10.1. The summed E-state index contributed by atoms with van der Waals surface area (Å²) in [4.78, 5) is 22.3. The van der Waals surface area contributed by atoms with Crippen LogP contribution in [0.25, 0.3) is 11.0 Å². The van der Waals surface area contributed by atoms with Crippen LogP contribution >= 0.6 is 0 Å². The molecule has 0 atom stereocenters. The molecule has 0 radical (unpaired) electrons. The van der Waals surface area contributed by atoms with E-state index < -0.39 is 4.92 Å². The summed E-state index contributed by atoms with van der Waals surface area (Å²) in [6.45, 7) is 2.04. The molecule has 0 fully saturated rings. The molecule has 2 aromatic carbocycles. The van der Waals surface area contributed by atoms with Crippen LogP contribution in [0, 0.1) is 10.1 Å². The summed E-state index contributed by atoms with van der Waals surface area (Å²) >= 11 is 0. The van der Waals surface area contributed by atoms with E-state index in [1.807, 2.05) is 24.3 Å². The van der Waals surface area contributed by atoms with Gasteiger partial charge < -0.3 is 0 Å². The lowest BCUT2D eigenvalue weighted by Gasteiger charge is -2.04. The largest absolute Gasteiger partial charge is 0.273 e. The fourth-order valence-electron chi connectivity index (χ4n) is 2.40. The third kappa shape index (κ3) is 3.89. The second-order valence-corrected chi connectivity index (χ2v) is 5.59. The van der Waals surface area contributed by atoms with Crippen LogP contribution in [0.2, 0.25) is 0 Å². The zero-order valence-electron chi connectivity index (χ0n) is 14.0. The Hall–Kier alpha value is -3.62. The summed E-state index contributed by atoms with van der Waals surface area (Å²) in [5, 5.41) is 22.9. The van der Waals surface area contributed by atoms with Crippen LogP contribution in [-0.4, -0.2) is 31.5 Å². The molecule has 132 valence electrons. The minimum atomic E-state index is -0.474. The average molecular weight is 352 g/mol. The SMILES string of the molecule is C/C(=N\NC(=O)CCn1nnc2ccccc21)c1cccc([N+](=O)[O-])c1. The molecule has 1 amide bonds. The Morgan fingerprint density at radius 1 is 1.27 bits per heavy atom. The highest BCUT2D eigenvalue weighted by Gasteiger charge is 2.09. The Morgan fingerprint density at radius 2 is 2.08 bits per heavy atom. The molecule has 0 aliphatic carbocycles. The number of aryl methyl sites for hydroxylation is 1. The number of para-hydroxylation sites is 1. The Kier molecular flexibility index (Phi) is 4.97. The summed E-state index contributed by atoms with van der Waals surface area (Å²) in [7, 11) is 0. The molecule has 9 heteroatoms. The number of benzene rings is 2. The van der Waals surface area contributed by atoms with Gasteiger partial charge in [-0.15, -0.1) is 5.10 Å². The van der Waals surface area contributed by atoms with Gasteiger partial charge in [-0.25, -0.2) is 10.1 Å². The monoisotopic (exact) mass is 352 g/mol. The van der Waals surface area contributed by atoms with Crippen LogP contribution in [0.3, 0.4) is 0 Å². The summed E-state index contributed by atoms with van der Waals surface area (Å²) in [6, 6.07) is 13.6. The van der Waals surface area contributed by atoms with Crippen LogP contribution in [0.1, 0.15) is 18.9 Å². The smallest absolute Gasteiger partial charge is 0.270 e. The highest BCUT2D eigenvalue weighted by Crippen LogP contribution is 2.13. The maximum atomic E-state index is 12.0. The maximum Gasteiger partial charge on any atom is 0.270 e. The summed E-state index contributed by atoms with van der Waals surface area (Å²) < 4.78 is 1.66. The molecule has 0 saturated heterocycles. The van der Waals surface area contributed by atoms with Gasteiger partial charge in [-0.3, -0.25) is 14.9 Å². The lowest BCUT2D eigenvalue weighted by Crippen LogP contribution is -2.21. The highest BCUT2D eigenvalue weighted by molar-refractivity contribution is 5.99. The number of fused-ring (bicyclic) bond motifs is 1. The molecule has 3 aromatic rings. The lowest BCUT2D eigenvalue weighted by molar-refractivity contribution is -0.384. The van der Waals surface area contributed by atoms with E-state index in [2.05, 4.69) is 20.8 Å². The van der Waals surface area contributed by atoms with Crippen molar-refractivity contribution in [2.24, 2.45) is 5.10 Å². The van der Waals surface area contributed by atoms with Crippen molar-refractivity contribution in [3.63, 3.8) is 0 Å². The number of nitro groups is 1. The molecule has 9 nitrogen and oxygen atoms in total. The molecule has 1 aromatic heterocycles. The predicted octanol–water partition coefficient (Wildman–Crippen LogP) is 2.27. The minimum Gasteiger partial charge on any atom is -0.273 e. The van der Waals surface area contributed by atoms with E-state index in [0.29, 0.717) is 17.8 Å². The van der Waals surface area contributed by atoms with Crippen molar-refractivity contribution in [2.45, 2.75) is 19.9 Å². The molecule has 0 spiro atoms. The standard InChI is InChI=1S/C17H16N6O3/c1-12(13-5-4-6-14(11-13)23(25)26)18-20-17(24)9-10-22-16-8-3-2-7-15(16)19-21-22/h2-8,11H,9-10H2,1H3,(H,20,24)/b18-12+. The molecule has 0 saturated carbocycles. The van der Waals surface area contributed by atoms with Crippen molar-refractivity contribution < 1.29 is 9.72 Å². The van der Waals surface area contributed by atoms with Crippen molar-refractivity contribution >= 4 is 28.3 Å². The zero-order valence-corrected chi connectivity index (χ0v) is 14.0. The molecule has 0 aliphatic rings. The van der Waals surface area contributed by atoms with E-state index >= 15 is 0 Å². The fourth-order valence-corrected chi connectivity index (χ4v) is 2.40. The Labute approximate surface area is 148 Å². The second kappa shape index (κ2) is 7.51. The number of amides is 1. The topological polar surface area (TPSA) is 115 Å². The molecule has 26 heavy (non-hydrogen) atoms. The van der Waals surface area contributed by atoms with Gasteiger partial charge in [0.25, 0.3) is 5.69 Å². The normalized spacial score (nSPS) is 11.5. The molecule has 1 heterocycles. The van der Waals surface area contributed by atoms with Crippen LogP contribution in [0.15, 0.2) is 53.6 Å². The maximum absolute atomic E-state index is 12.0. The summed E-state index contributed by atoms with van der Waals surface area (Å²) in [6.07, 6.45) is 0.180. The van der Waals surface area contributed by atoms with Gasteiger partial charge in [0.1, 0.15) is 5.52 Å². The molecular formula is C17H16N6O3. The van der Waals surface area contributed by atoms with Gasteiger partial charge in [-0.05, 0) is 19.1 Å². The van der Waals surface area contributed by atoms with Gasteiger partial charge >= 0.3 is 0 Å². The first-order valence-electron chi connectivity index (χ1n) is 7.91. The number of non-ortho nitro benzene ring substituents is 1. The molecule has 0 aliphatic heterocycles. The highest BCUT2D eigenvalue weighted by atomic mass is 16.6. The van der Waals surface area contributed by atoms with Gasteiger partial charge in [0.2, 0.25) is 5.91 Å². The molecule has 0 bridgehead atoms. The van der Waals surface area contributed by atoms with Gasteiger partial charge in [0.05, 0.1) is 22.7 Å². The minimum absolute atomic E-state index is 0.0264. The molecule has 1 N–H and O–H groups in total. The number of carbonyl (C=O) groups excluding carboxylic acids is 1. The molecule has 3 rings (SSSR count). The Morgan fingerprint density at radius 3 is 2.88 bits per heavy atom. The Balaban J connectivity index is 1.60. The van der Waals surface area contributed by atoms with Crippen molar-refractivity contribution in [1.82, 2.24) is 20.4 Å². The van der Waals surface area contributed by atoms with E-state index in [9.17, 15) is 14.9 Å². The van der Waals surface area contributed by atoms with Gasteiger partial charge in [0, 0.05) is 24.1 Å². The van der Waals surface area contributed by atoms with Gasteiger partial charge in [0.15, 0.2) is 0 Å². The van der Waals surface area contributed by atoms with E-state index in [1.165, 1.54) is 12.1 Å². The molecule has 0 unspecified atom stereocenters. The number of carbonyl (C=O) groups is 1. The zero-order chi connectivity index (χ0) is 18.5. The number of aromatic nitrogens is 3. The van der Waals surface area contributed by atoms with Gasteiger partial charge in [-0.2, -0.15) is 5.10 Å². The molecular weight excluding hydrogens is 336 g/mol. The average Bonchev–Trinajstić information content (AvgIpc) is 3.07. The van der Waals surface area contributed by atoms with Crippen molar-refractivity contribution in [3.05, 3.63) is 64.2 Å². The predicted molar refractivity (Wildman–Crippen MR) is 95.6 cm³/mol. The van der Waals surface area contributed by atoms with Crippen molar-refractivity contribution in [1.29, 1.82) is 0 Å². The number of nitrogens with zero attached hydrogens (tertiary/aromatic N) is 5. The number of nitro benzene ring substituents is 1. The van der Waals surface area contributed by atoms with E-state index in [0.717, 1.165) is 11.0 Å². The van der Waals surface area contributed by atoms with E-state index in [4.69, 9.17) is 0 Å². The van der Waals surface area contributed by atoms with Crippen LogP contribution < -0.4 is 5.43 Å². The Bertz CT molecular complexity index is 995. The first-order chi connectivity index (χ1) is 12.5. The summed E-state index contributed by atoms with van der Waals surface area (Å²) in [5.74, 6) is -0.283. The van der Waals surface area contributed by atoms with E-state index in [1.54, 1.807) is 23.7 Å². The first-order valence-corrected chi connectivity index (χ1v) is 7.91. The number of hydrogen-bond acceptors (Lipinski definition) is 6. The second-order valence-electron chi connectivity index (χ2n) is 5.59. The third-order valence-corrected chi connectivity index (χ3v) is 3.79. The van der Waals surface area contributed by atoms with Crippen molar-refractivity contribution in [2.75, 3.05) is 0 Å². The summed E-state index contributed by atoms with van der Waals surface area (Å²) in [5.41, 5.74) is 5.11. The third-order valence-electron chi connectivity index (χ3n) is 3.79. The van der Waals surface area contributed by atoms with Crippen molar-refractivity contribution in [3.8, 4) is 0 Å². The number of rotatable bonds is 6. The number of hydrazone groups is 1.